The summed E-state index contributed by atoms with van der Waals surface area (Å²) >= 11 is 3.07. The Kier molecular flexibility index (Phi) is 5.90. The number of ether oxygens (including phenoxy) is 1. The molecular weight excluding hydrogens is 366 g/mol. The normalized spacial score (nSPS) is 10.6. The summed E-state index contributed by atoms with van der Waals surface area (Å²) in [5.41, 5.74) is 2.44. The molecule has 3 aromatic rings. The number of benzene rings is 1. The van der Waals surface area contributed by atoms with E-state index in [9.17, 15) is 4.79 Å². The van der Waals surface area contributed by atoms with Crippen molar-refractivity contribution in [1.82, 2.24) is 9.97 Å². The van der Waals surface area contributed by atoms with Gasteiger partial charge in [0.2, 0.25) is 0 Å². The molecule has 134 valence electrons. The van der Waals surface area contributed by atoms with E-state index in [2.05, 4.69) is 22.2 Å². The summed E-state index contributed by atoms with van der Waals surface area (Å²) in [5, 5.41) is 4.31. The number of hydrogen-bond donors (Lipinski definition) is 1. The molecule has 0 aliphatic rings. The summed E-state index contributed by atoms with van der Waals surface area (Å²) in [4.78, 5) is 22.4. The topological polar surface area (TPSA) is 64.1 Å². The minimum atomic E-state index is -0.180. The van der Waals surface area contributed by atoms with Crippen molar-refractivity contribution in [3.05, 3.63) is 53.0 Å². The largest absolute Gasteiger partial charge is 0.497 e. The third-order valence-corrected chi connectivity index (χ3v) is 5.36. The highest BCUT2D eigenvalue weighted by Gasteiger charge is 2.14. The molecule has 3 rings (SSSR count). The van der Waals surface area contributed by atoms with Crippen LogP contribution in [0.15, 0.2) is 47.6 Å². The highest BCUT2D eigenvalue weighted by atomic mass is 32.2. The smallest absolute Gasteiger partial charge is 0.257 e. The quantitative estimate of drug-likeness (QED) is 0.612. The van der Waals surface area contributed by atoms with Gasteiger partial charge in [-0.15, -0.1) is 23.1 Å². The monoisotopic (exact) mass is 385 g/mol. The highest BCUT2D eigenvalue weighted by molar-refractivity contribution is 7.99. The van der Waals surface area contributed by atoms with Crippen molar-refractivity contribution in [2.45, 2.75) is 18.9 Å². The molecule has 1 amide bonds. The van der Waals surface area contributed by atoms with Crippen molar-refractivity contribution in [1.29, 1.82) is 0 Å². The lowest BCUT2D eigenvalue weighted by Gasteiger charge is -2.03. The van der Waals surface area contributed by atoms with E-state index in [0.717, 1.165) is 32.7 Å². The van der Waals surface area contributed by atoms with Crippen LogP contribution in [-0.2, 0) is 0 Å². The van der Waals surface area contributed by atoms with Gasteiger partial charge in [-0.1, -0.05) is 6.92 Å². The number of nitrogens with one attached hydrogen (secondary N) is 1. The summed E-state index contributed by atoms with van der Waals surface area (Å²) in [5.74, 6) is 1.53. The van der Waals surface area contributed by atoms with E-state index in [1.54, 1.807) is 37.2 Å². The zero-order valence-electron chi connectivity index (χ0n) is 14.8. The number of amides is 1. The SMILES string of the molecule is CCSc1cc(C(=O)Nc2nc(-c3ccc(OC)cc3)c(C)s2)ccn1. The summed E-state index contributed by atoms with van der Waals surface area (Å²) in [7, 11) is 1.64. The van der Waals surface area contributed by atoms with Gasteiger partial charge >= 0.3 is 0 Å². The van der Waals surface area contributed by atoms with E-state index in [1.165, 1.54) is 11.3 Å². The molecule has 1 aromatic carbocycles. The van der Waals surface area contributed by atoms with Crippen molar-refractivity contribution in [2.24, 2.45) is 0 Å². The van der Waals surface area contributed by atoms with Crippen molar-refractivity contribution in [2.75, 3.05) is 18.2 Å². The Balaban J connectivity index is 1.78. The van der Waals surface area contributed by atoms with Crippen LogP contribution in [0.1, 0.15) is 22.2 Å². The van der Waals surface area contributed by atoms with Crippen LogP contribution in [0, 0.1) is 6.92 Å². The number of pyridine rings is 1. The lowest BCUT2D eigenvalue weighted by atomic mass is 10.1. The zero-order valence-corrected chi connectivity index (χ0v) is 16.4. The number of carbonyl (C=O) groups excluding carboxylic acids is 1. The minimum absolute atomic E-state index is 0.180. The molecule has 26 heavy (non-hydrogen) atoms. The molecule has 0 atom stereocenters. The summed E-state index contributed by atoms with van der Waals surface area (Å²) < 4.78 is 5.19. The highest BCUT2D eigenvalue weighted by Crippen LogP contribution is 2.31. The van der Waals surface area contributed by atoms with Gasteiger partial charge < -0.3 is 4.74 Å². The number of thioether (sulfide) groups is 1. The van der Waals surface area contributed by atoms with E-state index >= 15 is 0 Å². The average molecular weight is 386 g/mol. The molecule has 0 bridgehead atoms. The first-order valence-electron chi connectivity index (χ1n) is 8.12. The molecule has 0 saturated carbocycles. The second-order valence-corrected chi connectivity index (χ2v) is 7.91. The maximum absolute atomic E-state index is 12.5. The Morgan fingerprint density at radius 3 is 2.73 bits per heavy atom. The van der Waals surface area contributed by atoms with Gasteiger partial charge in [0.25, 0.3) is 5.91 Å². The Morgan fingerprint density at radius 2 is 2.04 bits per heavy atom. The molecule has 0 spiro atoms. The molecule has 0 aliphatic carbocycles. The van der Waals surface area contributed by atoms with Crippen LogP contribution in [-0.4, -0.2) is 28.7 Å². The number of carbonyl (C=O) groups is 1. The number of aromatic nitrogens is 2. The van der Waals surface area contributed by atoms with E-state index < -0.39 is 0 Å². The first kappa shape index (κ1) is 18.4. The molecule has 2 aromatic heterocycles. The van der Waals surface area contributed by atoms with Crippen LogP contribution in [0.25, 0.3) is 11.3 Å². The van der Waals surface area contributed by atoms with Crippen molar-refractivity contribution < 1.29 is 9.53 Å². The van der Waals surface area contributed by atoms with Gasteiger partial charge in [0.05, 0.1) is 17.8 Å². The number of rotatable bonds is 6. The Bertz CT molecular complexity index is 907. The number of thiazole rings is 1. The number of aryl methyl sites for hydroxylation is 1. The van der Waals surface area contributed by atoms with Crippen LogP contribution in [0.4, 0.5) is 5.13 Å². The maximum atomic E-state index is 12.5. The fourth-order valence-electron chi connectivity index (χ4n) is 2.41. The molecule has 0 saturated heterocycles. The summed E-state index contributed by atoms with van der Waals surface area (Å²) in [6.07, 6.45) is 1.66. The fourth-order valence-corrected chi connectivity index (χ4v) is 3.89. The van der Waals surface area contributed by atoms with Gasteiger partial charge in [-0.05, 0) is 49.1 Å². The van der Waals surface area contributed by atoms with E-state index in [-0.39, 0.29) is 5.91 Å². The maximum Gasteiger partial charge on any atom is 0.257 e. The van der Waals surface area contributed by atoms with Crippen LogP contribution in [0.5, 0.6) is 5.75 Å². The molecule has 1 N–H and O–H groups in total. The van der Waals surface area contributed by atoms with E-state index in [0.29, 0.717) is 10.7 Å². The third-order valence-electron chi connectivity index (χ3n) is 3.67. The molecule has 5 nitrogen and oxygen atoms in total. The number of methoxy groups -OCH3 is 1. The van der Waals surface area contributed by atoms with Crippen molar-refractivity contribution in [3.8, 4) is 17.0 Å². The zero-order chi connectivity index (χ0) is 18.5. The lowest BCUT2D eigenvalue weighted by Crippen LogP contribution is -2.11. The third kappa shape index (κ3) is 4.23. The lowest BCUT2D eigenvalue weighted by molar-refractivity contribution is 0.102. The van der Waals surface area contributed by atoms with Crippen LogP contribution in [0.3, 0.4) is 0 Å². The van der Waals surface area contributed by atoms with Gasteiger partial charge in [-0.2, -0.15) is 0 Å². The molecule has 2 heterocycles. The second-order valence-electron chi connectivity index (χ2n) is 5.42. The summed E-state index contributed by atoms with van der Waals surface area (Å²) in [6, 6.07) is 11.2. The number of nitrogens with zero attached hydrogens (tertiary/aromatic N) is 2. The van der Waals surface area contributed by atoms with Gasteiger partial charge in [0.15, 0.2) is 5.13 Å². The van der Waals surface area contributed by atoms with Gasteiger partial charge in [0, 0.05) is 22.2 Å². The Morgan fingerprint density at radius 1 is 1.27 bits per heavy atom. The Labute approximate surface area is 160 Å². The van der Waals surface area contributed by atoms with E-state index in [4.69, 9.17) is 4.74 Å². The van der Waals surface area contributed by atoms with Gasteiger partial charge in [0.1, 0.15) is 5.75 Å². The molecule has 0 radical (unpaired) electrons. The molecule has 0 fully saturated rings. The first-order chi connectivity index (χ1) is 12.6. The van der Waals surface area contributed by atoms with Crippen molar-refractivity contribution in [3.63, 3.8) is 0 Å². The van der Waals surface area contributed by atoms with Crippen LogP contribution in [0.2, 0.25) is 0 Å². The van der Waals surface area contributed by atoms with Gasteiger partial charge in [-0.3, -0.25) is 10.1 Å². The van der Waals surface area contributed by atoms with Crippen LogP contribution >= 0.6 is 23.1 Å². The minimum Gasteiger partial charge on any atom is -0.497 e. The molecule has 0 aliphatic heterocycles. The summed E-state index contributed by atoms with van der Waals surface area (Å²) in [6.45, 7) is 4.05. The van der Waals surface area contributed by atoms with Crippen molar-refractivity contribution >= 4 is 34.1 Å². The molecule has 7 heteroatoms. The van der Waals surface area contributed by atoms with E-state index in [1.807, 2.05) is 31.2 Å². The molecular formula is C19H19N3O2S2. The van der Waals surface area contributed by atoms with Gasteiger partial charge in [-0.25, -0.2) is 9.97 Å². The Hall–Kier alpha value is -2.38. The number of hydrogen-bond acceptors (Lipinski definition) is 6. The predicted molar refractivity (Wildman–Crippen MR) is 107 cm³/mol. The second kappa shape index (κ2) is 8.33. The predicted octanol–water partition coefficient (Wildman–Crippen LogP) is 4.89. The molecule has 0 unspecified atom stereocenters. The first-order valence-corrected chi connectivity index (χ1v) is 9.93. The van der Waals surface area contributed by atoms with Crippen LogP contribution < -0.4 is 10.1 Å². The standard InChI is InChI=1S/C19H19N3O2S2/c1-4-25-16-11-14(9-10-20-16)18(23)22-19-21-17(12(2)26-19)13-5-7-15(24-3)8-6-13/h5-11H,4H2,1-3H3,(H,21,22,23). The fraction of sp³-hybridized carbons (Fsp3) is 0.211. The average Bonchev–Trinajstić information content (AvgIpc) is 3.02. The number of anilines is 1.